The van der Waals surface area contributed by atoms with Crippen molar-refractivity contribution in [1.29, 1.82) is 0 Å². The Kier molecular flexibility index (Phi) is 4.79. The molecule has 5 nitrogen and oxygen atoms in total. The predicted octanol–water partition coefficient (Wildman–Crippen LogP) is 2.25. The third kappa shape index (κ3) is 3.45. The molecule has 1 saturated carbocycles. The van der Waals surface area contributed by atoms with Gasteiger partial charge in [0.15, 0.2) is 0 Å². The van der Waals surface area contributed by atoms with E-state index in [-0.39, 0.29) is 0 Å². The Morgan fingerprint density at radius 3 is 2.72 bits per heavy atom. The molecule has 5 heteroatoms. The second-order valence-corrected chi connectivity index (χ2v) is 7.22. The third-order valence-electron chi connectivity index (χ3n) is 5.76. The summed E-state index contributed by atoms with van der Waals surface area (Å²) in [5, 5.41) is 14.6. The Morgan fingerprint density at radius 1 is 1.12 bits per heavy atom. The average molecular weight is 338 g/mol. The SMILES string of the molecule is OC1(c2cccnc2)CCC(N2CCNCC2c2ccccn2)CC1. The first-order valence-corrected chi connectivity index (χ1v) is 9.26. The lowest BCUT2D eigenvalue weighted by Gasteiger charge is -2.45. The molecule has 3 heterocycles. The maximum Gasteiger partial charge on any atom is 0.0912 e. The molecule has 2 aromatic rings. The Bertz CT molecular complexity index is 671. The van der Waals surface area contributed by atoms with Crippen LogP contribution in [0.2, 0.25) is 0 Å². The van der Waals surface area contributed by atoms with E-state index < -0.39 is 5.60 Å². The van der Waals surface area contributed by atoms with Gasteiger partial charge in [-0.15, -0.1) is 0 Å². The second kappa shape index (κ2) is 7.20. The van der Waals surface area contributed by atoms with Crippen molar-refractivity contribution in [3.8, 4) is 0 Å². The Hall–Kier alpha value is -1.82. The lowest BCUT2D eigenvalue weighted by Crippen LogP contribution is -2.52. The molecule has 132 valence electrons. The van der Waals surface area contributed by atoms with Crippen molar-refractivity contribution in [2.45, 2.75) is 43.4 Å². The maximum absolute atomic E-state index is 11.1. The molecule has 2 aromatic heterocycles. The van der Waals surface area contributed by atoms with Crippen LogP contribution in [0, 0.1) is 0 Å². The minimum Gasteiger partial charge on any atom is -0.385 e. The molecule has 1 saturated heterocycles. The van der Waals surface area contributed by atoms with Gasteiger partial charge in [0, 0.05) is 49.8 Å². The van der Waals surface area contributed by atoms with E-state index in [2.05, 4.69) is 32.3 Å². The highest BCUT2D eigenvalue weighted by Crippen LogP contribution is 2.40. The summed E-state index contributed by atoms with van der Waals surface area (Å²) in [7, 11) is 0. The molecule has 2 N–H and O–H groups in total. The molecular weight excluding hydrogens is 312 g/mol. The van der Waals surface area contributed by atoms with Crippen LogP contribution in [0.1, 0.15) is 43.0 Å². The monoisotopic (exact) mass is 338 g/mol. The van der Waals surface area contributed by atoms with Gasteiger partial charge < -0.3 is 10.4 Å². The van der Waals surface area contributed by atoms with E-state index in [4.69, 9.17) is 0 Å². The highest BCUT2D eigenvalue weighted by Gasteiger charge is 2.39. The standard InChI is InChI=1S/C20H26N4O/c25-20(16-4-3-10-21-14-16)8-6-17(7-9-20)24-13-12-22-15-19(24)18-5-1-2-11-23-18/h1-5,10-11,14,17,19,22,25H,6-9,12-13,15H2. The lowest BCUT2D eigenvalue weighted by molar-refractivity contribution is -0.0356. The van der Waals surface area contributed by atoms with Crippen molar-refractivity contribution >= 4 is 0 Å². The molecule has 2 aliphatic rings. The van der Waals surface area contributed by atoms with E-state index in [1.165, 1.54) is 0 Å². The molecule has 1 atom stereocenters. The van der Waals surface area contributed by atoms with E-state index >= 15 is 0 Å². The molecule has 1 aliphatic heterocycles. The molecule has 0 spiro atoms. The summed E-state index contributed by atoms with van der Waals surface area (Å²) < 4.78 is 0. The largest absolute Gasteiger partial charge is 0.385 e. The molecule has 1 aliphatic carbocycles. The van der Waals surface area contributed by atoms with Crippen molar-refractivity contribution in [1.82, 2.24) is 20.2 Å². The molecule has 0 bridgehead atoms. The van der Waals surface area contributed by atoms with Gasteiger partial charge in [0.2, 0.25) is 0 Å². The molecular formula is C20H26N4O. The summed E-state index contributed by atoms with van der Waals surface area (Å²) in [6.07, 6.45) is 9.05. The van der Waals surface area contributed by atoms with Crippen LogP contribution in [0.5, 0.6) is 0 Å². The Morgan fingerprint density at radius 2 is 2.00 bits per heavy atom. The normalized spacial score (nSPS) is 30.9. The van der Waals surface area contributed by atoms with Crippen molar-refractivity contribution in [3.05, 3.63) is 60.2 Å². The number of piperazine rings is 1. The van der Waals surface area contributed by atoms with E-state index in [0.717, 1.165) is 56.6 Å². The fourth-order valence-electron chi connectivity index (χ4n) is 4.34. The summed E-state index contributed by atoms with van der Waals surface area (Å²) in [4.78, 5) is 11.4. The summed E-state index contributed by atoms with van der Waals surface area (Å²) >= 11 is 0. The number of aromatic nitrogens is 2. The first-order valence-electron chi connectivity index (χ1n) is 9.26. The number of pyridine rings is 2. The van der Waals surface area contributed by atoms with Crippen LogP contribution in [0.25, 0.3) is 0 Å². The van der Waals surface area contributed by atoms with E-state index in [9.17, 15) is 5.11 Å². The van der Waals surface area contributed by atoms with E-state index in [1.54, 1.807) is 6.20 Å². The minimum absolute atomic E-state index is 0.324. The Labute approximate surface area is 149 Å². The summed E-state index contributed by atoms with van der Waals surface area (Å²) in [6.45, 7) is 3.00. The topological polar surface area (TPSA) is 61.3 Å². The number of hydrogen-bond acceptors (Lipinski definition) is 5. The van der Waals surface area contributed by atoms with Crippen LogP contribution < -0.4 is 5.32 Å². The number of nitrogens with one attached hydrogen (secondary N) is 1. The van der Waals surface area contributed by atoms with Gasteiger partial charge in [-0.3, -0.25) is 14.9 Å². The zero-order valence-electron chi connectivity index (χ0n) is 14.5. The van der Waals surface area contributed by atoms with Crippen molar-refractivity contribution in [2.75, 3.05) is 19.6 Å². The summed E-state index contributed by atoms with van der Waals surface area (Å²) in [5.41, 5.74) is 1.37. The minimum atomic E-state index is -0.723. The molecule has 4 rings (SSSR count). The molecule has 0 aromatic carbocycles. The van der Waals surface area contributed by atoms with E-state index in [0.29, 0.717) is 12.1 Å². The smallest absolute Gasteiger partial charge is 0.0912 e. The van der Waals surface area contributed by atoms with Gasteiger partial charge in [0.1, 0.15) is 0 Å². The Balaban J connectivity index is 1.47. The first-order chi connectivity index (χ1) is 12.3. The van der Waals surface area contributed by atoms with Gasteiger partial charge >= 0.3 is 0 Å². The van der Waals surface area contributed by atoms with Crippen molar-refractivity contribution in [3.63, 3.8) is 0 Å². The van der Waals surface area contributed by atoms with Gasteiger partial charge in [-0.1, -0.05) is 12.1 Å². The number of nitrogens with zero attached hydrogens (tertiary/aromatic N) is 3. The average Bonchev–Trinajstić information content (AvgIpc) is 2.70. The number of aliphatic hydroxyl groups is 1. The second-order valence-electron chi connectivity index (χ2n) is 7.22. The van der Waals surface area contributed by atoms with Crippen LogP contribution in [0.3, 0.4) is 0 Å². The van der Waals surface area contributed by atoms with Gasteiger partial charge in [0.25, 0.3) is 0 Å². The highest BCUT2D eigenvalue weighted by atomic mass is 16.3. The fraction of sp³-hybridized carbons (Fsp3) is 0.500. The van der Waals surface area contributed by atoms with E-state index in [1.807, 2.05) is 30.6 Å². The van der Waals surface area contributed by atoms with Gasteiger partial charge in [0.05, 0.1) is 17.3 Å². The number of hydrogen-bond donors (Lipinski definition) is 2. The summed E-state index contributed by atoms with van der Waals surface area (Å²) in [5.74, 6) is 0. The maximum atomic E-state index is 11.1. The predicted molar refractivity (Wildman–Crippen MR) is 96.9 cm³/mol. The lowest BCUT2D eigenvalue weighted by atomic mass is 9.77. The van der Waals surface area contributed by atoms with Crippen LogP contribution in [-0.4, -0.2) is 45.7 Å². The van der Waals surface area contributed by atoms with Crippen molar-refractivity contribution in [2.24, 2.45) is 0 Å². The fourth-order valence-corrected chi connectivity index (χ4v) is 4.34. The molecule has 25 heavy (non-hydrogen) atoms. The first kappa shape index (κ1) is 16.6. The molecule has 0 amide bonds. The molecule has 1 unspecified atom stereocenters. The van der Waals surface area contributed by atoms with Gasteiger partial charge in [-0.2, -0.15) is 0 Å². The highest BCUT2D eigenvalue weighted by molar-refractivity contribution is 5.19. The zero-order chi connectivity index (χ0) is 17.1. The summed E-state index contributed by atoms with van der Waals surface area (Å²) in [6, 6.07) is 10.9. The van der Waals surface area contributed by atoms with Gasteiger partial charge in [-0.25, -0.2) is 0 Å². The third-order valence-corrected chi connectivity index (χ3v) is 5.76. The molecule has 2 fully saturated rings. The molecule has 0 radical (unpaired) electrons. The van der Waals surface area contributed by atoms with Crippen molar-refractivity contribution < 1.29 is 5.11 Å². The van der Waals surface area contributed by atoms with Crippen LogP contribution in [0.4, 0.5) is 0 Å². The quantitative estimate of drug-likeness (QED) is 0.899. The van der Waals surface area contributed by atoms with Gasteiger partial charge in [-0.05, 0) is 43.9 Å². The number of rotatable bonds is 3. The van der Waals surface area contributed by atoms with Crippen LogP contribution in [-0.2, 0) is 5.60 Å². The van der Waals surface area contributed by atoms with Crippen LogP contribution in [0.15, 0.2) is 48.9 Å². The van der Waals surface area contributed by atoms with Crippen LogP contribution >= 0.6 is 0 Å². The zero-order valence-corrected chi connectivity index (χ0v) is 14.5.